The molecule has 6 nitrogen and oxygen atoms in total. The van der Waals surface area contributed by atoms with E-state index in [1.807, 2.05) is 24.3 Å². The Morgan fingerprint density at radius 2 is 2.12 bits per heavy atom. The summed E-state index contributed by atoms with van der Waals surface area (Å²) in [5.74, 6) is -0.193. The van der Waals surface area contributed by atoms with Crippen molar-refractivity contribution in [1.82, 2.24) is 20.8 Å². The highest BCUT2D eigenvalue weighted by atomic mass is 19.1. The second kappa shape index (κ2) is 6.59. The van der Waals surface area contributed by atoms with Gasteiger partial charge in [0, 0.05) is 18.7 Å². The van der Waals surface area contributed by atoms with Gasteiger partial charge >= 0.3 is 0 Å². The van der Waals surface area contributed by atoms with Crippen molar-refractivity contribution in [2.24, 2.45) is 0 Å². The molecule has 130 valence electrons. The largest absolute Gasteiger partial charge is 0.383 e. The zero-order valence-electron chi connectivity index (χ0n) is 13.8. The van der Waals surface area contributed by atoms with Gasteiger partial charge in [0.2, 0.25) is 0 Å². The number of benzene rings is 1. The minimum Gasteiger partial charge on any atom is -0.383 e. The fourth-order valence-corrected chi connectivity index (χ4v) is 3.43. The summed E-state index contributed by atoms with van der Waals surface area (Å²) in [4.78, 5) is 7.46. The Morgan fingerprint density at radius 1 is 1.23 bits per heavy atom. The third kappa shape index (κ3) is 2.81. The molecule has 4 rings (SSSR count). The summed E-state index contributed by atoms with van der Waals surface area (Å²) in [6.07, 6.45) is 1.80. The van der Waals surface area contributed by atoms with Gasteiger partial charge in [-0.1, -0.05) is 12.1 Å². The normalized spacial score (nSPS) is 19.4. The van der Waals surface area contributed by atoms with E-state index >= 15 is 0 Å². The summed E-state index contributed by atoms with van der Waals surface area (Å²) >= 11 is 0. The number of aromatic nitrogens is 2. The lowest BCUT2D eigenvalue weighted by atomic mass is 9.86. The number of halogens is 1. The molecule has 1 aliphatic heterocycles. The van der Waals surface area contributed by atoms with Crippen molar-refractivity contribution in [3.8, 4) is 17.5 Å². The van der Waals surface area contributed by atoms with E-state index in [0.717, 1.165) is 16.8 Å². The number of hydrogen-bond acceptors (Lipinski definition) is 5. The maximum atomic E-state index is 13.7. The van der Waals surface area contributed by atoms with Gasteiger partial charge in [0.05, 0.1) is 23.0 Å². The van der Waals surface area contributed by atoms with E-state index in [1.165, 1.54) is 12.1 Å². The number of pyridine rings is 1. The average Bonchev–Trinajstić information content (AvgIpc) is 3.33. The summed E-state index contributed by atoms with van der Waals surface area (Å²) in [7, 11) is 0. The van der Waals surface area contributed by atoms with Crippen molar-refractivity contribution < 1.29 is 4.39 Å². The smallest absolute Gasteiger partial charge is 0.142 e. The Balaban J connectivity index is 1.82. The van der Waals surface area contributed by atoms with Crippen LogP contribution in [0.2, 0.25) is 0 Å². The minimum atomic E-state index is -0.295. The minimum absolute atomic E-state index is 0.0922. The number of nitrogens with one attached hydrogen (secondary N) is 3. The second-order valence-electron chi connectivity index (χ2n) is 6.22. The number of nitriles is 1. The standard InChI is InChI=1S/C19H17FN6/c20-12-4-1-3-11(7-12)18-15(10-24-26-18)13-8-17(16-5-2-6-23-16)25-19(22)14(13)9-21/h1-8,15,18,23-24,26H,10H2,(H2,22,25). The topological polar surface area (TPSA) is 103 Å². The third-order valence-corrected chi connectivity index (χ3v) is 4.65. The number of aromatic amines is 1. The Labute approximate surface area is 149 Å². The number of rotatable bonds is 3. The molecule has 0 radical (unpaired) electrons. The van der Waals surface area contributed by atoms with Crippen molar-refractivity contribution in [3.05, 3.63) is 71.2 Å². The monoisotopic (exact) mass is 348 g/mol. The van der Waals surface area contributed by atoms with Crippen molar-refractivity contribution in [1.29, 1.82) is 5.26 Å². The molecule has 2 atom stereocenters. The molecule has 0 spiro atoms. The van der Waals surface area contributed by atoms with Gasteiger partial charge in [-0.3, -0.25) is 5.43 Å². The molecule has 1 fully saturated rings. The number of nitrogens with zero attached hydrogens (tertiary/aromatic N) is 2. The van der Waals surface area contributed by atoms with Gasteiger partial charge in [-0.2, -0.15) is 5.26 Å². The molecule has 0 amide bonds. The summed E-state index contributed by atoms with van der Waals surface area (Å²) in [5.41, 5.74) is 15.8. The van der Waals surface area contributed by atoms with Crippen molar-refractivity contribution >= 4 is 5.82 Å². The second-order valence-corrected chi connectivity index (χ2v) is 6.22. The number of anilines is 1. The molecule has 5 N–H and O–H groups in total. The van der Waals surface area contributed by atoms with Crippen LogP contribution in [0.25, 0.3) is 11.4 Å². The van der Waals surface area contributed by atoms with Gasteiger partial charge in [0.15, 0.2) is 0 Å². The van der Waals surface area contributed by atoms with Crippen LogP contribution < -0.4 is 16.6 Å². The van der Waals surface area contributed by atoms with Crippen LogP contribution in [-0.4, -0.2) is 16.5 Å². The predicted octanol–water partition coefficient (Wildman–Crippen LogP) is 2.60. The molecule has 3 heterocycles. The zero-order valence-corrected chi connectivity index (χ0v) is 13.8. The highest BCUT2D eigenvalue weighted by molar-refractivity contribution is 5.65. The molecular weight excluding hydrogens is 331 g/mol. The van der Waals surface area contributed by atoms with E-state index in [-0.39, 0.29) is 23.6 Å². The van der Waals surface area contributed by atoms with Crippen LogP contribution in [0.3, 0.4) is 0 Å². The SMILES string of the molecule is N#Cc1c(C2CNNC2c2cccc(F)c2)cc(-c2ccc[nH]2)nc1N. The van der Waals surface area contributed by atoms with Gasteiger partial charge in [0.25, 0.3) is 0 Å². The van der Waals surface area contributed by atoms with E-state index in [9.17, 15) is 9.65 Å². The number of nitrogen functional groups attached to an aromatic ring is 1. The maximum absolute atomic E-state index is 13.7. The zero-order chi connectivity index (χ0) is 18.1. The van der Waals surface area contributed by atoms with Crippen LogP contribution in [0, 0.1) is 17.1 Å². The molecule has 0 bridgehead atoms. The first kappa shape index (κ1) is 16.3. The number of H-pyrrole nitrogens is 1. The molecule has 0 saturated carbocycles. The van der Waals surface area contributed by atoms with Gasteiger partial charge < -0.3 is 10.7 Å². The fourth-order valence-electron chi connectivity index (χ4n) is 3.43. The van der Waals surface area contributed by atoms with Gasteiger partial charge in [-0.15, -0.1) is 0 Å². The number of hydrazine groups is 1. The summed E-state index contributed by atoms with van der Waals surface area (Å²) < 4.78 is 13.7. The van der Waals surface area contributed by atoms with Gasteiger partial charge in [0.1, 0.15) is 17.7 Å². The van der Waals surface area contributed by atoms with E-state index in [4.69, 9.17) is 5.73 Å². The Kier molecular flexibility index (Phi) is 4.13. The van der Waals surface area contributed by atoms with Crippen LogP contribution in [0.5, 0.6) is 0 Å². The van der Waals surface area contributed by atoms with E-state index in [0.29, 0.717) is 17.8 Å². The molecule has 3 aromatic rings. The first-order valence-corrected chi connectivity index (χ1v) is 8.25. The predicted molar refractivity (Wildman–Crippen MR) is 96.2 cm³/mol. The highest BCUT2D eigenvalue weighted by Gasteiger charge is 2.32. The van der Waals surface area contributed by atoms with Crippen LogP contribution in [0.15, 0.2) is 48.7 Å². The first-order valence-electron chi connectivity index (χ1n) is 8.25. The summed E-state index contributed by atoms with van der Waals surface area (Å²) in [5, 5.41) is 9.60. The lowest BCUT2D eigenvalue weighted by molar-refractivity contribution is 0.546. The van der Waals surface area contributed by atoms with Crippen molar-refractivity contribution in [2.45, 2.75) is 12.0 Å². The molecule has 2 unspecified atom stereocenters. The van der Waals surface area contributed by atoms with Crippen LogP contribution in [0.4, 0.5) is 10.2 Å². The highest BCUT2D eigenvalue weighted by Crippen LogP contribution is 2.37. The van der Waals surface area contributed by atoms with Crippen LogP contribution in [-0.2, 0) is 0 Å². The lowest BCUT2D eigenvalue weighted by Crippen LogP contribution is -2.25. The first-order chi connectivity index (χ1) is 12.7. The van der Waals surface area contributed by atoms with Crippen LogP contribution in [0.1, 0.15) is 28.7 Å². The summed E-state index contributed by atoms with van der Waals surface area (Å²) in [6, 6.07) is 14.1. The van der Waals surface area contributed by atoms with Crippen molar-refractivity contribution in [3.63, 3.8) is 0 Å². The lowest BCUT2D eigenvalue weighted by Gasteiger charge is -2.21. The Hall–Kier alpha value is -3.21. The van der Waals surface area contributed by atoms with E-state index < -0.39 is 0 Å². The number of hydrogen-bond donors (Lipinski definition) is 4. The molecule has 2 aromatic heterocycles. The third-order valence-electron chi connectivity index (χ3n) is 4.65. The maximum Gasteiger partial charge on any atom is 0.142 e. The van der Waals surface area contributed by atoms with Crippen LogP contribution >= 0.6 is 0 Å². The molecular formula is C19H17FN6. The number of nitrogens with two attached hydrogens (primary N) is 1. The Morgan fingerprint density at radius 3 is 2.85 bits per heavy atom. The molecule has 0 aliphatic carbocycles. The molecule has 1 saturated heterocycles. The van der Waals surface area contributed by atoms with Gasteiger partial charge in [-0.25, -0.2) is 14.8 Å². The molecule has 1 aromatic carbocycles. The van der Waals surface area contributed by atoms with E-state index in [2.05, 4.69) is 26.9 Å². The fraction of sp³-hybridized carbons (Fsp3) is 0.158. The van der Waals surface area contributed by atoms with E-state index in [1.54, 1.807) is 12.3 Å². The average molecular weight is 348 g/mol. The summed E-state index contributed by atoms with van der Waals surface area (Å²) in [6.45, 7) is 0.587. The van der Waals surface area contributed by atoms with Crippen molar-refractivity contribution in [2.75, 3.05) is 12.3 Å². The van der Waals surface area contributed by atoms with Gasteiger partial charge in [-0.05, 0) is 41.5 Å². The molecule has 7 heteroatoms. The quantitative estimate of drug-likeness (QED) is 0.583. The molecule has 26 heavy (non-hydrogen) atoms. The Bertz CT molecular complexity index is 976. The molecule has 1 aliphatic rings.